The summed E-state index contributed by atoms with van der Waals surface area (Å²) < 4.78 is 32.5. The van der Waals surface area contributed by atoms with Crippen molar-refractivity contribution in [1.29, 1.82) is 0 Å². The fourth-order valence-electron chi connectivity index (χ4n) is 2.93. The monoisotopic (exact) mass is 300 g/mol. The Labute approximate surface area is 121 Å². The van der Waals surface area contributed by atoms with Crippen LogP contribution in [0.15, 0.2) is 59.5 Å². The van der Waals surface area contributed by atoms with Crippen molar-refractivity contribution in [3.05, 3.63) is 54.6 Å². The Morgan fingerprint density at radius 1 is 0.714 bits per heavy atom. The summed E-state index contributed by atoms with van der Waals surface area (Å²) in [6.45, 7) is 0. The Hall–Kier alpha value is -2.21. The zero-order chi connectivity index (χ0) is 13.9. The summed E-state index contributed by atoms with van der Waals surface area (Å²) in [4.78, 5) is -0.0387. The number of hydrogen-bond acceptors (Lipinski definition) is 2. The van der Waals surface area contributed by atoms with E-state index in [1.165, 1.54) is 6.07 Å². The zero-order valence-electron chi connectivity index (χ0n) is 10.9. The van der Waals surface area contributed by atoms with Gasteiger partial charge in [0.2, 0.25) is 0 Å². The van der Waals surface area contributed by atoms with Crippen LogP contribution < -0.4 is 0 Å². The lowest BCUT2D eigenvalue weighted by Gasteiger charge is -2.12. The average molecular weight is 300 g/mol. The van der Waals surface area contributed by atoms with Crippen molar-refractivity contribution in [2.24, 2.45) is 0 Å². The molecule has 0 aliphatic carbocycles. The molecule has 0 atom stereocenters. The Kier molecular flexibility index (Phi) is 2.88. The molecule has 21 heavy (non-hydrogen) atoms. The lowest BCUT2D eigenvalue weighted by atomic mass is 9.94. The molecule has 0 bridgehead atoms. The van der Waals surface area contributed by atoms with E-state index in [2.05, 4.69) is 0 Å². The smallest absolute Gasteiger partial charge is 0.295 e. The van der Waals surface area contributed by atoms with Gasteiger partial charge in [0, 0.05) is 5.39 Å². The number of hydrogen-bond donors (Lipinski definition) is 1. The Balaban J connectivity index is 0.00000132. The number of benzene rings is 4. The van der Waals surface area contributed by atoms with Gasteiger partial charge in [-0.15, -0.1) is 0 Å². The second-order valence-corrected chi connectivity index (χ2v) is 6.28. The van der Waals surface area contributed by atoms with E-state index in [9.17, 15) is 13.0 Å². The highest BCUT2D eigenvalue weighted by atomic mass is 32.2. The summed E-state index contributed by atoms with van der Waals surface area (Å²) in [6.07, 6.45) is 0. The van der Waals surface area contributed by atoms with Crippen LogP contribution in [0.2, 0.25) is 0 Å². The summed E-state index contributed by atoms with van der Waals surface area (Å²) in [5.74, 6) is 0. The molecular weight excluding hydrogens is 288 g/mol. The lowest BCUT2D eigenvalue weighted by molar-refractivity contribution is 0.484. The molecule has 4 nitrogen and oxygen atoms in total. The van der Waals surface area contributed by atoms with Crippen molar-refractivity contribution >= 4 is 42.4 Å². The standard InChI is InChI=1S/C16H10O3S.H2O/c17-20(18,19)14-9-7-12-5-4-10-2-1-3-11-6-8-13(14)16(12)15(10)11;/h1-9H,(H,17,18,19);1H2. The molecule has 0 fully saturated rings. The van der Waals surface area contributed by atoms with Crippen LogP contribution in [0, 0.1) is 0 Å². The molecular formula is C16H12O4S. The third-order valence-electron chi connectivity index (χ3n) is 3.77. The maximum atomic E-state index is 11.5. The molecule has 0 aromatic heterocycles. The molecule has 0 aliphatic heterocycles. The first-order valence-electron chi connectivity index (χ1n) is 6.20. The van der Waals surface area contributed by atoms with Crippen molar-refractivity contribution in [3.63, 3.8) is 0 Å². The van der Waals surface area contributed by atoms with Crippen molar-refractivity contribution < 1.29 is 18.4 Å². The van der Waals surface area contributed by atoms with Crippen LogP contribution in [-0.4, -0.2) is 18.4 Å². The van der Waals surface area contributed by atoms with Gasteiger partial charge < -0.3 is 5.48 Å². The topological polar surface area (TPSA) is 85.9 Å². The van der Waals surface area contributed by atoms with Crippen LogP contribution in [0.25, 0.3) is 32.3 Å². The van der Waals surface area contributed by atoms with Crippen LogP contribution in [0.3, 0.4) is 0 Å². The molecule has 0 aliphatic rings. The fourth-order valence-corrected chi connectivity index (χ4v) is 3.62. The maximum absolute atomic E-state index is 11.5. The van der Waals surface area contributed by atoms with Gasteiger partial charge in [-0.3, -0.25) is 4.55 Å². The molecule has 0 radical (unpaired) electrons. The normalized spacial score (nSPS) is 12.0. The summed E-state index contributed by atoms with van der Waals surface area (Å²) in [6, 6.07) is 16.8. The van der Waals surface area contributed by atoms with E-state index in [1.807, 2.05) is 36.4 Å². The predicted octanol–water partition coefficient (Wildman–Crippen LogP) is 3.01. The van der Waals surface area contributed by atoms with Gasteiger partial charge in [-0.2, -0.15) is 8.42 Å². The van der Waals surface area contributed by atoms with Gasteiger partial charge in [0.25, 0.3) is 10.1 Å². The van der Waals surface area contributed by atoms with Gasteiger partial charge in [-0.05, 0) is 33.0 Å². The molecule has 4 aromatic rings. The third kappa shape index (κ3) is 1.86. The van der Waals surface area contributed by atoms with E-state index in [0.29, 0.717) is 5.39 Å². The molecule has 4 aromatic carbocycles. The number of rotatable bonds is 1. The molecule has 0 unspecified atom stereocenters. The van der Waals surface area contributed by atoms with Crippen LogP contribution in [0.1, 0.15) is 0 Å². The fraction of sp³-hybridized carbons (Fsp3) is 0. The van der Waals surface area contributed by atoms with Crippen LogP contribution in [0.5, 0.6) is 0 Å². The minimum atomic E-state index is -4.23. The maximum Gasteiger partial charge on any atom is 0.295 e. The van der Waals surface area contributed by atoms with Gasteiger partial charge in [-0.25, -0.2) is 0 Å². The van der Waals surface area contributed by atoms with Crippen LogP contribution >= 0.6 is 0 Å². The molecule has 106 valence electrons. The van der Waals surface area contributed by atoms with E-state index in [-0.39, 0.29) is 10.4 Å². The molecule has 3 N–H and O–H groups in total. The highest BCUT2D eigenvalue weighted by molar-refractivity contribution is 7.86. The molecule has 0 saturated carbocycles. The average Bonchev–Trinajstić information content (AvgIpc) is 2.43. The van der Waals surface area contributed by atoms with Gasteiger partial charge >= 0.3 is 0 Å². The predicted molar refractivity (Wildman–Crippen MR) is 83.6 cm³/mol. The molecule has 0 amide bonds. The Morgan fingerprint density at radius 2 is 1.24 bits per heavy atom. The SMILES string of the molecule is O.O=S(=O)(O)c1ccc2ccc3cccc4ccc1c2c34. The second-order valence-electron chi connectivity index (χ2n) is 4.89. The molecule has 0 spiro atoms. The highest BCUT2D eigenvalue weighted by Gasteiger charge is 2.17. The molecule has 0 saturated heterocycles. The van der Waals surface area contributed by atoms with Crippen LogP contribution in [0.4, 0.5) is 0 Å². The van der Waals surface area contributed by atoms with Gasteiger partial charge in [0.15, 0.2) is 0 Å². The van der Waals surface area contributed by atoms with E-state index < -0.39 is 10.1 Å². The van der Waals surface area contributed by atoms with Gasteiger partial charge in [-0.1, -0.05) is 48.5 Å². The van der Waals surface area contributed by atoms with E-state index in [4.69, 9.17) is 0 Å². The largest absolute Gasteiger partial charge is 0.412 e. The zero-order valence-corrected chi connectivity index (χ0v) is 11.7. The molecule has 4 rings (SSSR count). The summed E-state index contributed by atoms with van der Waals surface area (Å²) in [5.41, 5.74) is 0. The van der Waals surface area contributed by atoms with E-state index >= 15 is 0 Å². The quantitative estimate of drug-likeness (QED) is 0.433. The third-order valence-corrected chi connectivity index (χ3v) is 4.68. The summed E-state index contributed by atoms with van der Waals surface area (Å²) in [5, 5.41) is 5.58. The van der Waals surface area contributed by atoms with Crippen molar-refractivity contribution in [2.75, 3.05) is 0 Å². The summed E-state index contributed by atoms with van der Waals surface area (Å²) >= 11 is 0. The van der Waals surface area contributed by atoms with Gasteiger partial charge in [0.05, 0.1) is 0 Å². The summed E-state index contributed by atoms with van der Waals surface area (Å²) in [7, 11) is -4.23. The molecule has 0 heterocycles. The minimum Gasteiger partial charge on any atom is -0.412 e. The Bertz CT molecular complexity index is 1050. The first-order chi connectivity index (χ1) is 9.55. The van der Waals surface area contributed by atoms with Gasteiger partial charge in [0.1, 0.15) is 4.90 Å². The van der Waals surface area contributed by atoms with Crippen molar-refractivity contribution in [3.8, 4) is 0 Å². The first-order valence-corrected chi connectivity index (χ1v) is 7.64. The van der Waals surface area contributed by atoms with E-state index in [1.54, 1.807) is 12.1 Å². The van der Waals surface area contributed by atoms with Crippen molar-refractivity contribution in [1.82, 2.24) is 0 Å². The second kappa shape index (κ2) is 4.39. The van der Waals surface area contributed by atoms with E-state index in [0.717, 1.165) is 26.9 Å². The first kappa shape index (κ1) is 13.8. The minimum absolute atomic E-state index is 0. The van der Waals surface area contributed by atoms with Crippen molar-refractivity contribution in [2.45, 2.75) is 4.90 Å². The molecule has 5 heteroatoms. The Morgan fingerprint density at radius 3 is 1.86 bits per heavy atom. The van der Waals surface area contributed by atoms with Crippen LogP contribution in [-0.2, 0) is 10.1 Å². The highest BCUT2D eigenvalue weighted by Crippen LogP contribution is 2.36. The lowest BCUT2D eigenvalue weighted by Crippen LogP contribution is -1.99.